The van der Waals surface area contributed by atoms with Crippen molar-refractivity contribution in [1.29, 1.82) is 0 Å². The molecule has 9 nitrogen and oxygen atoms in total. The standard InChI is InChI=1S/C20H19N5O4/c1-29-18-8-7-14(9-17(18)25-12-21-22-23-25)19(26)24-10-15(16(11-24)20(27)28)13-5-3-2-4-6-13/h2-9,12,15-16H,10-11H2,1H3,(H,27,28)/t15-,16-/m0/s1. The topological polar surface area (TPSA) is 110 Å². The highest BCUT2D eigenvalue weighted by Gasteiger charge is 2.40. The lowest BCUT2D eigenvalue weighted by atomic mass is 9.89. The number of hydrogen-bond donors (Lipinski definition) is 1. The fraction of sp³-hybridized carbons (Fsp3) is 0.250. The number of benzene rings is 2. The van der Waals surface area contributed by atoms with Gasteiger partial charge in [-0.15, -0.1) is 5.10 Å². The van der Waals surface area contributed by atoms with Crippen LogP contribution in [0.25, 0.3) is 5.69 Å². The number of carboxylic acid groups (broad SMARTS) is 1. The maximum Gasteiger partial charge on any atom is 0.308 e. The summed E-state index contributed by atoms with van der Waals surface area (Å²) in [6.07, 6.45) is 1.41. The highest BCUT2D eigenvalue weighted by molar-refractivity contribution is 5.96. The van der Waals surface area contributed by atoms with E-state index in [-0.39, 0.29) is 18.4 Å². The first-order valence-corrected chi connectivity index (χ1v) is 9.07. The zero-order chi connectivity index (χ0) is 20.4. The number of ether oxygens (including phenoxy) is 1. The second-order valence-electron chi connectivity index (χ2n) is 6.81. The van der Waals surface area contributed by atoms with Gasteiger partial charge in [0, 0.05) is 24.6 Å². The average molecular weight is 393 g/mol. The molecule has 0 bridgehead atoms. The fourth-order valence-corrected chi connectivity index (χ4v) is 3.71. The number of tetrazole rings is 1. The largest absolute Gasteiger partial charge is 0.494 e. The summed E-state index contributed by atoms with van der Waals surface area (Å²) >= 11 is 0. The van der Waals surface area contributed by atoms with Crippen molar-refractivity contribution in [2.45, 2.75) is 5.92 Å². The van der Waals surface area contributed by atoms with E-state index in [1.165, 1.54) is 18.1 Å². The van der Waals surface area contributed by atoms with Crippen molar-refractivity contribution in [3.05, 3.63) is 66.0 Å². The lowest BCUT2D eigenvalue weighted by molar-refractivity contribution is -0.141. The zero-order valence-electron chi connectivity index (χ0n) is 15.7. The summed E-state index contributed by atoms with van der Waals surface area (Å²) in [6.45, 7) is 0.492. The highest BCUT2D eigenvalue weighted by Crippen LogP contribution is 2.34. The first-order valence-electron chi connectivity index (χ1n) is 9.07. The maximum atomic E-state index is 13.1. The molecule has 2 aromatic carbocycles. The van der Waals surface area contributed by atoms with Gasteiger partial charge in [-0.3, -0.25) is 9.59 Å². The molecule has 0 saturated carbocycles. The van der Waals surface area contributed by atoms with Gasteiger partial charge in [-0.2, -0.15) is 4.68 Å². The van der Waals surface area contributed by atoms with E-state index in [1.807, 2.05) is 30.3 Å². The third-order valence-corrected chi connectivity index (χ3v) is 5.17. The van der Waals surface area contributed by atoms with Gasteiger partial charge in [-0.05, 0) is 34.2 Å². The molecular weight excluding hydrogens is 374 g/mol. The minimum Gasteiger partial charge on any atom is -0.494 e. The number of aromatic nitrogens is 4. The number of carboxylic acids is 1. The summed E-state index contributed by atoms with van der Waals surface area (Å²) in [5.41, 5.74) is 1.85. The number of nitrogens with zero attached hydrogens (tertiary/aromatic N) is 5. The van der Waals surface area contributed by atoms with Crippen molar-refractivity contribution in [2.24, 2.45) is 5.92 Å². The molecule has 3 aromatic rings. The summed E-state index contributed by atoms with van der Waals surface area (Å²) in [4.78, 5) is 26.5. The summed E-state index contributed by atoms with van der Waals surface area (Å²) in [6, 6.07) is 14.4. The second-order valence-corrected chi connectivity index (χ2v) is 6.81. The van der Waals surface area contributed by atoms with Crippen molar-refractivity contribution >= 4 is 11.9 Å². The van der Waals surface area contributed by atoms with Gasteiger partial charge in [-0.25, -0.2) is 0 Å². The zero-order valence-corrected chi connectivity index (χ0v) is 15.7. The molecule has 2 heterocycles. The van der Waals surface area contributed by atoms with Gasteiger partial charge in [0.15, 0.2) is 0 Å². The molecule has 0 spiro atoms. The number of methoxy groups -OCH3 is 1. The summed E-state index contributed by atoms with van der Waals surface area (Å²) < 4.78 is 6.74. The Labute approximate surface area is 166 Å². The van der Waals surface area contributed by atoms with Crippen LogP contribution in [-0.4, -0.2) is 62.3 Å². The van der Waals surface area contributed by atoms with Crippen molar-refractivity contribution in [1.82, 2.24) is 25.1 Å². The van der Waals surface area contributed by atoms with Gasteiger partial charge in [-0.1, -0.05) is 30.3 Å². The maximum absolute atomic E-state index is 13.1. The van der Waals surface area contributed by atoms with Gasteiger partial charge in [0.05, 0.1) is 13.0 Å². The molecule has 1 aliphatic rings. The van der Waals surface area contributed by atoms with Crippen LogP contribution >= 0.6 is 0 Å². The van der Waals surface area contributed by atoms with E-state index in [0.29, 0.717) is 23.5 Å². The molecule has 9 heteroatoms. The van der Waals surface area contributed by atoms with Gasteiger partial charge in [0.1, 0.15) is 17.8 Å². The number of rotatable bonds is 5. The van der Waals surface area contributed by atoms with Crippen LogP contribution in [0.2, 0.25) is 0 Å². The third-order valence-electron chi connectivity index (χ3n) is 5.17. The number of aliphatic carboxylic acids is 1. The average Bonchev–Trinajstić information content (AvgIpc) is 3.43. The Balaban J connectivity index is 1.63. The van der Waals surface area contributed by atoms with E-state index in [1.54, 1.807) is 23.1 Å². The van der Waals surface area contributed by atoms with Gasteiger partial charge in [0.2, 0.25) is 0 Å². The summed E-state index contributed by atoms with van der Waals surface area (Å²) in [5.74, 6) is -1.54. The molecule has 148 valence electrons. The highest BCUT2D eigenvalue weighted by atomic mass is 16.5. The molecule has 29 heavy (non-hydrogen) atoms. The second kappa shape index (κ2) is 7.70. The predicted octanol–water partition coefficient (Wildman–Crippen LogP) is 1.61. The molecule has 1 aliphatic heterocycles. The first-order chi connectivity index (χ1) is 14.1. The molecule has 4 rings (SSSR count). The molecule has 1 saturated heterocycles. The van der Waals surface area contributed by atoms with Crippen LogP contribution in [0.5, 0.6) is 5.75 Å². The predicted molar refractivity (Wildman–Crippen MR) is 102 cm³/mol. The Morgan fingerprint density at radius 3 is 2.59 bits per heavy atom. The number of likely N-dealkylation sites (tertiary alicyclic amines) is 1. The molecule has 0 radical (unpaired) electrons. The Morgan fingerprint density at radius 1 is 1.14 bits per heavy atom. The quantitative estimate of drug-likeness (QED) is 0.701. The summed E-state index contributed by atoms with van der Waals surface area (Å²) in [5, 5.41) is 20.8. The van der Waals surface area contributed by atoms with Crippen molar-refractivity contribution in [2.75, 3.05) is 20.2 Å². The molecule has 1 amide bonds. The van der Waals surface area contributed by atoms with Crippen molar-refractivity contribution in [3.63, 3.8) is 0 Å². The molecule has 1 aromatic heterocycles. The van der Waals surface area contributed by atoms with E-state index in [4.69, 9.17) is 4.74 Å². The van der Waals surface area contributed by atoms with E-state index >= 15 is 0 Å². The minimum atomic E-state index is -0.904. The minimum absolute atomic E-state index is 0.153. The van der Waals surface area contributed by atoms with E-state index in [9.17, 15) is 14.7 Å². The monoisotopic (exact) mass is 393 g/mol. The molecule has 0 unspecified atom stereocenters. The van der Waals surface area contributed by atoms with Crippen LogP contribution in [0, 0.1) is 5.92 Å². The van der Waals surface area contributed by atoms with Gasteiger partial charge in [0.25, 0.3) is 5.91 Å². The van der Waals surface area contributed by atoms with Crippen molar-refractivity contribution in [3.8, 4) is 11.4 Å². The molecule has 0 aliphatic carbocycles. The molecule has 1 N–H and O–H groups in total. The summed E-state index contributed by atoms with van der Waals surface area (Å²) in [7, 11) is 1.52. The lowest BCUT2D eigenvalue weighted by Crippen LogP contribution is -2.30. The SMILES string of the molecule is COc1ccc(C(=O)N2C[C@H](C(=O)O)[C@H](c3ccccc3)C2)cc1-n1cnnn1. The van der Waals surface area contributed by atoms with E-state index in [2.05, 4.69) is 15.5 Å². The Bertz CT molecular complexity index is 1020. The molecule has 2 atom stereocenters. The number of carbonyl (C=O) groups is 2. The smallest absolute Gasteiger partial charge is 0.308 e. The van der Waals surface area contributed by atoms with Crippen LogP contribution < -0.4 is 4.74 Å². The van der Waals surface area contributed by atoms with E-state index < -0.39 is 11.9 Å². The Kier molecular flexibility index (Phi) is 4.94. The number of amides is 1. The normalized spacial score (nSPS) is 18.6. The number of carbonyl (C=O) groups excluding carboxylic acids is 1. The Hall–Kier alpha value is -3.75. The van der Waals surface area contributed by atoms with Crippen LogP contribution in [-0.2, 0) is 4.79 Å². The van der Waals surface area contributed by atoms with Gasteiger partial charge >= 0.3 is 5.97 Å². The Morgan fingerprint density at radius 2 is 1.93 bits per heavy atom. The van der Waals surface area contributed by atoms with Crippen LogP contribution in [0.3, 0.4) is 0 Å². The van der Waals surface area contributed by atoms with Gasteiger partial charge < -0.3 is 14.7 Å². The lowest BCUT2D eigenvalue weighted by Gasteiger charge is -2.18. The number of hydrogen-bond acceptors (Lipinski definition) is 6. The molecule has 1 fully saturated rings. The third kappa shape index (κ3) is 3.54. The van der Waals surface area contributed by atoms with Crippen molar-refractivity contribution < 1.29 is 19.4 Å². The van der Waals surface area contributed by atoms with Crippen LogP contribution in [0.4, 0.5) is 0 Å². The first kappa shape index (κ1) is 18.6. The van der Waals surface area contributed by atoms with E-state index in [0.717, 1.165) is 5.56 Å². The molecular formula is C20H19N5O4. The van der Waals surface area contributed by atoms with Crippen LogP contribution in [0.1, 0.15) is 21.8 Å². The van der Waals surface area contributed by atoms with Crippen LogP contribution in [0.15, 0.2) is 54.9 Å². The fourth-order valence-electron chi connectivity index (χ4n) is 3.71.